The molecule has 0 bridgehead atoms. The summed E-state index contributed by atoms with van der Waals surface area (Å²) in [7, 11) is -4.25. The lowest BCUT2D eigenvalue weighted by Crippen LogP contribution is -2.53. The molecule has 0 aliphatic rings. The number of nitrogens with zero attached hydrogens (tertiary/aromatic N) is 2. The van der Waals surface area contributed by atoms with E-state index in [1.54, 1.807) is 36.4 Å². The molecule has 0 spiro atoms. The van der Waals surface area contributed by atoms with Gasteiger partial charge in [0.05, 0.1) is 17.2 Å². The van der Waals surface area contributed by atoms with Crippen molar-refractivity contribution >= 4 is 43.5 Å². The fraction of sp³-hybridized carbons (Fsp3) is 0.297. The Bertz CT molecular complexity index is 1750. The molecule has 0 aromatic heterocycles. The number of benzene rings is 4. The third-order valence-corrected chi connectivity index (χ3v) is 9.79. The molecule has 0 heterocycles. The summed E-state index contributed by atoms with van der Waals surface area (Å²) in [6.45, 7) is 7.93. The van der Waals surface area contributed by atoms with E-state index in [1.807, 2.05) is 82.3 Å². The quantitative estimate of drug-likeness (QED) is 0.147. The normalized spacial score (nSPS) is 12.0. The van der Waals surface area contributed by atoms with Crippen LogP contribution in [0, 0.1) is 12.8 Å². The van der Waals surface area contributed by atoms with Gasteiger partial charge in [-0.05, 0) is 67.3 Å². The standard InChI is InChI=1S/C37H42BrN3O5S/c1-5-46-35-17-10-9-16-33(35)41(47(44,45)32-20-18-28(4)19-21-32)26-36(42)40(25-30-14-11-15-31(38)22-30)34(37(43)39-24-27(2)3)23-29-12-7-6-8-13-29/h6-22,27,34H,5,23-26H2,1-4H3,(H,39,43)/t34-/m1/s1. The Balaban J connectivity index is 1.83. The highest BCUT2D eigenvalue weighted by atomic mass is 79.9. The lowest BCUT2D eigenvalue weighted by atomic mass is 10.0. The number of hydrogen-bond acceptors (Lipinski definition) is 5. The van der Waals surface area contributed by atoms with Crippen LogP contribution in [0.5, 0.6) is 5.75 Å². The fourth-order valence-corrected chi connectivity index (χ4v) is 6.97. The Kier molecular flexibility index (Phi) is 12.6. The number of aryl methyl sites for hydroxylation is 1. The molecular weight excluding hydrogens is 678 g/mol. The van der Waals surface area contributed by atoms with Gasteiger partial charge in [-0.25, -0.2) is 8.42 Å². The molecule has 4 aromatic rings. The Morgan fingerprint density at radius 3 is 2.19 bits per heavy atom. The Morgan fingerprint density at radius 2 is 1.53 bits per heavy atom. The maximum Gasteiger partial charge on any atom is 0.264 e. The molecule has 0 saturated heterocycles. The first-order valence-corrected chi connectivity index (χ1v) is 17.9. The van der Waals surface area contributed by atoms with Crippen LogP contribution in [-0.4, -0.2) is 50.9 Å². The highest BCUT2D eigenvalue weighted by Gasteiger charge is 2.35. The molecule has 0 saturated carbocycles. The number of rotatable bonds is 15. The van der Waals surface area contributed by atoms with Crippen LogP contribution in [0.2, 0.25) is 0 Å². The van der Waals surface area contributed by atoms with Gasteiger partial charge in [0, 0.05) is 24.0 Å². The van der Waals surface area contributed by atoms with E-state index in [-0.39, 0.29) is 35.4 Å². The zero-order valence-corrected chi connectivity index (χ0v) is 29.6. The van der Waals surface area contributed by atoms with Crippen LogP contribution in [0.4, 0.5) is 5.69 Å². The summed E-state index contributed by atoms with van der Waals surface area (Å²) < 4.78 is 36.4. The van der Waals surface area contributed by atoms with E-state index in [0.717, 1.165) is 25.5 Å². The number of hydrogen-bond donors (Lipinski definition) is 1. The molecule has 0 unspecified atom stereocenters. The van der Waals surface area contributed by atoms with Crippen LogP contribution in [-0.2, 0) is 32.6 Å². The molecule has 47 heavy (non-hydrogen) atoms. The highest BCUT2D eigenvalue weighted by molar-refractivity contribution is 9.10. The molecule has 0 fully saturated rings. The SMILES string of the molecule is CCOc1ccccc1N(CC(=O)N(Cc1cccc(Br)c1)[C@H](Cc1ccccc1)C(=O)NCC(C)C)S(=O)(=O)c1ccc(C)cc1. The van der Waals surface area contributed by atoms with Crippen molar-refractivity contribution in [1.82, 2.24) is 10.2 Å². The van der Waals surface area contributed by atoms with Gasteiger partial charge in [-0.2, -0.15) is 0 Å². The van der Waals surface area contributed by atoms with Crippen LogP contribution >= 0.6 is 15.9 Å². The van der Waals surface area contributed by atoms with Crippen LogP contribution in [0.1, 0.15) is 37.5 Å². The molecule has 4 aromatic carbocycles. The molecule has 10 heteroatoms. The summed E-state index contributed by atoms with van der Waals surface area (Å²) in [5.41, 5.74) is 2.78. The minimum Gasteiger partial charge on any atom is -0.492 e. The minimum atomic E-state index is -4.25. The van der Waals surface area contributed by atoms with Gasteiger partial charge in [0.15, 0.2) is 0 Å². The number of nitrogens with one attached hydrogen (secondary N) is 1. The predicted octanol–water partition coefficient (Wildman–Crippen LogP) is 6.76. The molecular formula is C37H42BrN3O5S. The Hall–Kier alpha value is -4.15. The number of carbonyl (C=O) groups excluding carboxylic acids is 2. The van der Waals surface area contributed by atoms with Gasteiger partial charge in [0.2, 0.25) is 11.8 Å². The zero-order valence-electron chi connectivity index (χ0n) is 27.2. The topological polar surface area (TPSA) is 96.0 Å². The van der Waals surface area contributed by atoms with Crippen molar-refractivity contribution < 1.29 is 22.7 Å². The van der Waals surface area contributed by atoms with Gasteiger partial charge in [0.25, 0.3) is 10.0 Å². The van der Waals surface area contributed by atoms with E-state index in [1.165, 1.54) is 17.0 Å². The van der Waals surface area contributed by atoms with Crippen LogP contribution in [0.25, 0.3) is 0 Å². The second-order valence-corrected chi connectivity index (χ2v) is 14.5. The Labute approximate surface area is 286 Å². The largest absolute Gasteiger partial charge is 0.492 e. The van der Waals surface area contributed by atoms with Crippen molar-refractivity contribution in [3.8, 4) is 5.75 Å². The Morgan fingerprint density at radius 1 is 0.872 bits per heavy atom. The third kappa shape index (κ3) is 9.68. The van der Waals surface area contributed by atoms with Gasteiger partial charge < -0.3 is 15.0 Å². The van der Waals surface area contributed by atoms with E-state index in [4.69, 9.17) is 4.74 Å². The molecule has 1 N–H and O–H groups in total. The molecule has 248 valence electrons. The first-order valence-electron chi connectivity index (χ1n) is 15.7. The monoisotopic (exact) mass is 719 g/mol. The zero-order chi connectivity index (χ0) is 34.0. The molecule has 0 aliphatic heterocycles. The lowest BCUT2D eigenvalue weighted by molar-refractivity contribution is -0.140. The van der Waals surface area contributed by atoms with Crippen LogP contribution in [0.3, 0.4) is 0 Å². The summed E-state index contributed by atoms with van der Waals surface area (Å²) in [4.78, 5) is 30.1. The smallest absolute Gasteiger partial charge is 0.264 e. The summed E-state index contributed by atoms with van der Waals surface area (Å²) >= 11 is 3.52. The number of carbonyl (C=O) groups is 2. The number of amides is 2. The molecule has 2 amide bonds. The number of ether oxygens (including phenoxy) is 1. The van der Waals surface area contributed by atoms with Gasteiger partial charge in [-0.3, -0.25) is 13.9 Å². The van der Waals surface area contributed by atoms with Gasteiger partial charge >= 0.3 is 0 Å². The number of halogens is 1. The van der Waals surface area contributed by atoms with Crippen molar-refractivity contribution in [3.05, 3.63) is 124 Å². The highest BCUT2D eigenvalue weighted by Crippen LogP contribution is 2.33. The van der Waals surface area contributed by atoms with Gasteiger partial charge in [-0.1, -0.05) is 102 Å². The lowest BCUT2D eigenvalue weighted by Gasteiger charge is -2.34. The van der Waals surface area contributed by atoms with Gasteiger partial charge in [-0.15, -0.1) is 0 Å². The summed E-state index contributed by atoms with van der Waals surface area (Å²) in [5, 5.41) is 3.01. The number of anilines is 1. The summed E-state index contributed by atoms with van der Waals surface area (Å²) in [6, 6.07) is 29.3. The molecule has 1 atom stereocenters. The van der Waals surface area contributed by atoms with E-state index in [9.17, 15) is 18.0 Å². The second-order valence-electron chi connectivity index (χ2n) is 11.7. The third-order valence-electron chi connectivity index (χ3n) is 7.52. The maximum atomic E-state index is 14.7. The average molecular weight is 721 g/mol. The van der Waals surface area contributed by atoms with Crippen molar-refractivity contribution in [2.24, 2.45) is 5.92 Å². The first kappa shape index (κ1) is 35.7. The molecule has 8 nitrogen and oxygen atoms in total. The first-order chi connectivity index (χ1) is 22.5. The van der Waals surface area contributed by atoms with Crippen molar-refractivity contribution in [2.75, 3.05) is 24.0 Å². The predicted molar refractivity (Wildman–Crippen MR) is 190 cm³/mol. The van der Waals surface area contributed by atoms with E-state index in [2.05, 4.69) is 21.2 Å². The molecule has 0 aliphatic carbocycles. The van der Waals surface area contributed by atoms with Crippen molar-refractivity contribution in [1.29, 1.82) is 0 Å². The maximum absolute atomic E-state index is 14.7. The molecule has 4 rings (SSSR count). The van der Waals surface area contributed by atoms with Crippen molar-refractivity contribution in [3.63, 3.8) is 0 Å². The summed E-state index contributed by atoms with van der Waals surface area (Å²) in [6.07, 6.45) is 0.241. The van der Waals surface area contributed by atoms with Crippen LogP contribution in [0.15, 0.2) is 112 Å². The van der Waals surface area contributed by atoms with Crippen molar-refractivity contribution in [2.45, 2.75) is 51.6 Å². The molecule has 0 radical (unpaired) electrons. The fourth-order valence-electron chi connectivity index (χ4n) is 5.10. The van der Waals surface area contributed by atoms with E-state index in [0.29, 0.717) is 18.9 Å². The number of sulfonamides is 1. The number of para-hydroxylation sites is 2. The average Bonchev–Trinajstić information content (AvgIpc) is 3.05. The van der Waals surface area contributed by atoms with Crippen LogP contribution < -0.4 is 14.4 Å². The van der Waals surface area contributed by atoms with Gasteiger partial charge in [0.1, 0.15) is 18.3 Å². The second kappa shape index (κ2) is 16.6. The summed E-state index contributed by atoms with van der Waals surface area (Å²) in [5.74, 6) is -0.329. The van der Waals surface area contributed by atoms with E-state index < -0.39 is 28.5 Å². The van der Waals surface area contributed by atoms with E-state index >= 15 is 0 Å². The minimum absolute atomic E-state index is 0.0382.